The Morgan fingerprint density at radius 3 is 1.10 bits per heavy atom. The number of rotatable bonds is 0. The van der Waals surface area contributed by atoms with E-state index in [0.717, 1.165) is 0 Å². The summed E-state index contributed by atoms with van der Waals surface area (Å²) in [6.45, 7) is 13.9. The minimum absolute atomic E-state index is 0.0420. The highest BCUT2D eigenvalue weighted by molar-refractivity contribution is 5.74. The van der Waals surface area contributed by atoms with Crippen LogP contribution in [0.4, 0.5) is 0 Å². The van der Waals surface area contributed by atoms with Gasteiger partial charge in [0.15, 0.2) is 0 Å². The standard InChI is InChI=1S/C29H30/c1-16-7-19(4)25-22(10-16)13-28-14-23-11-17(2)8-20(5)26(23)29(25,28)27-21(6)9-18(3)12-24(27)15-28/h7-12H,13-15H2,1-6H3. The molecule has 0 heteroatoms. The van der Waals surface area contributed by atoms with Gasteiger partial charge >= 0.3 is 0 Å². The zero-order valence-corrected chi connectivity index (χ0v) is 18.6. The average Bonchev–Trinajstić information content (AvgIpc) is 3.07. The second kappa shape index (κ2) is 5.22. The number of hydrogen-bond acceptors (Lipinski definition) is 0. The van der Waals surface area contributed by atoms with Gasteiger partial charge < -0.3 is 0 Å². The van der Waals surface area contributed by atoms with Gasteiger partial charge in [0.05, 0.1) is 5.41 Å². The van der Waals surface area contributed by atoms with E-state index in [0.29, 0.717) is 0 Å². The van der Waals surface area contributed by atoms with Crippen LogP contribution in [0.15, 0.2) is 36.4 Å². The van der Waals surface area contributed by atoms with Gasteiger partial charge in [0, 0.05) is 5.41 Å². The van der Waals surface area contributed by atoms with E-state index in [1.54, 1.807) is 33.4 Å². The van der Waals surface area contributed by atoms with Crippen molar-refractivity contribution in [3.63, 3.8) is 0 Å². The number of hydrogen-bond donors (Lipinski definition) is 0. The molecule has 3 aliphatic carbocycles. The van der Waals surface area contributed by atoms with Crippen LogP contribution in [-0.2, 0) is 24.7 Å². The molecule has 0 aliphatic heterocycles. The number of benzene rings is 3. The molecule has 6 rings (SSSR count). The quantitative estimate of drug-likeness (QED) is 0.417. The topological polar surface area (TPSA) is 0 Å². The Bertz CT molecular complexity index is 1090. The van der Waals surface area contributed by atoms with E-state index in [2.05, 4.69) is 77.9 Å². The van der Waals surface area contributed by atoms with E-state index in [1.165, 1.54) is 52.6 Å². The maximum absolute atomic E-state index is 2.49. The summed E-state index contributed by atoms with van der Waals surface area (Å²) < 4.78 is 0. The fourth-order valence-electron chi connectivity index (χ4n) is 8.04. The summed E-state index contributed by atoms with van der Waals surface area (Å²) >= 11 is 0. The highest BCUT2D eigenvalue weighted by Crippen LogP contribution is 2.71. The normalized spacial score (nSPS) is 25.4. The SMILES string of the molecule is Cc1cc(C)c2c(c1)CC13Cc4cc(C)cc(C)c4C21c1c(C)cc(C)cc1C3. The van der Waals surface area contributed by atoms with Gasteiger partial charge in [-0.1, -0.05) is 53.1 Å². The van der Waals surface area contributed by atoms with Crippen LogP contribution < -0.4 is 0 Å². The van der Waals surface area contributed by atoms with Crippen LogP contribution in [-0.4, -0.2) is 0 Å². The molecule has 0 radical (unpaired) electrons. The predicted octanol–water partition coefficient (Wildman–Crippen LogP) is 6.53. The van der Waals surface area contributed by atoms with E-state index in [1.807, 2.05) is 0 Å². The molecule has 0 heterocycles. The van der Waals surface area contributed by atoms with Crippen LogP contribution in [0.1, 0.15) is 66.8 Å². The second-order valence-electron chi connectivity index (χ2n) is 10.4. The maximum atomic E-state index is 2.49. The van der Waals surface area contributed by atoms with Crippen molar-refractivity contribution in [2.24, 2.45) is 5.41 Å². The lowest BCUT2D eigenvalue weighted by atomic mass is 9.62. The van der Waals surface area contributed by atoms with Crippen molar-refractivity contribution in [3.8, 4) is 0 Å². The van der Waals surface area contributed by atoms with Gasteiger partial charge in [-0.3, -0.25) is 0 Å². The summed E-state index contributed by atoms with van der Waals surface area (Å²) in [6.07, 6.45) is 3.64. The molecule has 0 aromatic heterocycles. The molecule has 0 spiro atoms. The minimum atomic E-state index is 0.0420. The molecule has 0 saturated carbocycles. The third-order valence-corrected chi connectivity index (χ3v) is 8.19. The van der Waals surface area contributed by atoms with Crippen LogP contribution in [0.2, 0.25) is 0 Å². The Hall–Kier alpha value is -2.34. The predicted molar refractivity (Wildman–Crippen MR) is 121 cm³/mol. The fourth-order valence-corrected chi connectivity index (χ4v) is 8.04. The van der Waals surface area contributed by atoms with Crippen LogP contribution in [0, 0.1) is 47.0 Å². The van der Waals surface area contributed by atoms with Crippen molar-refractivity contribution in [3.05, 3.63) is 103 Å². The van der Waals surface area contributed by atoms with E-state index < -0.39 is 0 Å². The number of aryl methyl sites for hydroxylation is 6. The summed E-state index contributed by atoms with van der Waals surface area (Å²) in [4.78, 5) is 0. The third kappa shape index (κ3) is 1.87. The first-order valence-electron chi connectivity index (χ1n) is 11.1. The average molecular weight is 379 g/mol. The van der Waals surface area contributed by atoms with E-state index in [-0.39, 0.29) is 10.8 Å². The zero-order chi connectivity index (χ0) is 20.3. The highest BCUT2D eigenvalue weighted by atomic mass is 14.7. The van der Waals surface area contributed by atoms with Crippen molar-refractivity contribution in [1.82, 2.24) is 0 Å². The molecule has 0 saturated heterocycles. The lowest BCUT2D eigenvalue weighted by molar-refractivity contribution is 0.255. The second-order valence-corrected chi connectivity index (χ2v) is 10.4. The smallest absolute Gasteiger partial charge is 0.0532 e. The van der Waals surface area contributed by atoms with E-state index in [9.17, 15) is 0 Å². The zero-order valence-electron chi connectivity index (χ0n) is 18.6. The molecule has 3 aliphatic rings. The summed E-state index contributed by atoms with van der Waals surface area (Å²) in [5.74, 6) is 0. The monoisotopic (exact) mass is 378 g/mol. The lowest BCUT2D eigenvalue weighted by Crippen LogP contribution is -2.39. The van der Waals surface area contributed by atoms with Gasteiger partial charge in [0.2, 0.25) is 0 Å². The first kappa shape index (κ1) is 17.5. The summed E-state index contributed by atoms with van der Waals surface area (Å²) in [6, 6.07) is 14.7. The molecule has 0 atom stereocenters. The first-order valence-corrected chi connectivity index (χ1v) is 11.1. The van der Waals surface area contributed by atoms with Crippen LogP contribution >= 0.6 is 0 Å². The van der Waals surface area contributed by atoms with Crippen molar-refractivity contribution < 1.29 is 0 Å². The van der Waals surface area contributed by atoms with Gasteiger partial charge in [-0.15, -0.1) is 0 Å². The molecule has 0 nitrogen and oxygen atoms in total. The molecule has 29 heavy (non-hydrogen) atoms. The Morgan fingerprint density at radius 1 is 0.483 bits per heavy atom. The summed E-state index contributed by atoms with van der Waals surface area (Å²) in [5.41, 5.74) is 18.8. The van der Waals surface area contributed by atoms with Crippen LogP contribution in [0.5, 0.6) is 0 Å². The third-order valence-electron chi connectivity index (χ3n) is 8.19. The van der Waals surface area contributed by atoms with Crippen molar-refractivity contribution in [1.29, 1.82) is 0 Å². The van der Waals surface area contributed by atoms with Gasteiger partial charge in [-0.25, -0.2) is 0 Å². The van der Waals surface area contributed by atoms with Gasteiger partial charge in [-0.2, -0.15) is 0 Å². The van der Waals surface area contributed by atoms with E-state index in [4.69, 9.17) is 0 Å². The molecule has 3 aromatic carbocycles. The molecule has 0 amide bonds. The van der Waals surface area contributed by atoms with Crippen LogP contribution in [0.25, 0.3) is 0 Å². The molecular formula is C29H30. The van der Waals surface area contributed by atoms with Crippen molar-refractivity contribution >= 4 is 0 Å². The van der Waals surface area contributed by atoms with Crippen molar-refractivity contribution in [2.75, 3.05) is 0 Å². The summed E-state index contributed by atoms with van der Waals surface area (Å²) in [7, 11) is 0. The molecular weight excluding hydrogens is 348 g/mol. The van der Waals surface area contributed by atoms with Crippen molar-refractivity contribution in [2.45, 2.75) is 66.2 Å². The Morgan fingerprint density at radius 2 is 0.793 bits per heavy atom. The fraction of sp³-hybridized carbons (Fsp3) is 0.379. The molecule has 0 N–H and O–H groups in total. The minimum Gasteiger partial charge on any atom is -0.0560 e. The number of fused-ring (bicyclic) bond motifs is 3. The molecule has 0 bridgehead atoms. The largest absolute Gasteiger partial charge is 0.0560 e. The molecule has 3 aromatic rings. The maximum Gasteiger partial charge on any atom is 0.0532 e. The van der Waals surface area contributed by atoms with Gasteiger partial charge in [0.25, 0.3) is 0 Å². The van der Waals surface area contributed by atoms with Gasteiger partial charge in [-0.05, 0) is 111 Å². The summed E-state index contributed by atoms with van der Waals surface area (Å²) in [5, 5.41) is 0. The Balaban J connectivity index is 1.84. The molecule has 0 fully saturated rings. The molecule has 146 valence electrons. The lowest BCUT2D eigenvalue weighted by Gasteiger charge is -2.39. The first-order chi connectivity index (χ1) is 13.8. The molecule has 0 unspecified atom stereocenters. The van der Waals surface area contributed by atoms with Crippen LogP contribution in [0.3, 0.4) is 0 Å². The van der Waals surface area contributed by atoms with Gasteiger partial charge in [0.1, 0.15) is 0 Å². The van der Waals surface area contributed by atoms with E-state index >= 15 is 0 Å². The Kier molecular flexibility index (Phi) is 3.15. The highest BCUT2D eigenvalue weighted by Gasteiger charge is 2.68. The Labute approximate surface area is 175 Å².